The SMILES string of the molecule is Cc1cc(OCc2ccccc2)c(C(=O)O)c(=O)[nH]1. The number of pyridine rings is 1. The molecule has 0 radical (unpaired) electrons. The van der Waals surface area contributed by atoms with Crippen LogP contribution >= 0.6 is 0 Å². The summed E-state index contributed by atoms with van der Waals surface area (Å²) in [5.41, 5.74) is 0.423. The van der Waals surface area contributed by atoms with Crippen molar-refractivity contribution in [2.75, 3.05) is 0 Å². The molecule has 0 saturated carbocycles. The van der Waals surface area contributed by atoms with E-state index in [1.165, 1.54) is 6.07 Å². The fourth-order valence-corrected chi connectivity index (χ4v) is 1.71. The Bertz CT molecular complexity index is 646. The number of rotatable bonds is 4. The van der Waals surface area contributed by atoms with Crippen LogP contribution in [-0.2, 0) is 6.61 Å². The third-order valence-electron chi connectivity index (χ3n) is 2.58. The molecule has 0 fully saturated rings. The molecule has 0 saturated heterocycles. The maximum absolute atomic E-state index is 11.6. The van der Waals surface area contributed by atoms with Gasteiger partial charge in [-0.25, -0.2) is 4.79 Å². The molecule has 2 rings (SSSR count). The fourth-order valence-electron chi connectivity index (χ4n) is 1.71. The first-order valence-corrected chi connectivity index (χ1v) is 5.72. The number of nitrogens with one attached hydrogen (secondary N) is 1. The molecule has 0 spiro atoms. The number of hydrogen-bond acceptors (Lipinski definition) is 3. The number of aryl methyl sites for hydroxylation is 1. The normalized spacial score (nSPS) is 10.2. The predicted octanol–water partition coefficient (Wildman–Crippen LogP) is 1.96. The molecule has 5 nitrogen and oxygen atoms in total. The average molecular weight is 259 g/mol. The zero-order valence-electron chi connectivity index (χ0n) is 10.3. The molecule has 2 aromatic rings. The smallest absolute Gasteiger partial charge is 0.345 e. The van der Waals surface area contributed by atoms with Crippen LogP contribution in [0.3, 0.4) is 0 Å². The minimum Gasteiger partial charge on any atom is -0.488 e. The number of aromatic nitrogens is 1. The lowest BCUT2D eigenvalue weighted by Gasteiger charge is -2.09. The fraction of sp³-hybridized carbons (Fsp3) is 0.143. The van der Waals surface area contributed by atoms with Crippen LogP contribution < -0.4 is 10.3 Å². The van der Waals surface area contributed by atoms with Gasteiger partial charge in [0.05, 0.1) is 0 Å². The van der Waals surface area contributed by atoms with Gasteiger partial charge in [0.1, 0.15) is 12.4 Å². The molecule has 1 aromatic carbocycles. The molecule has 0 atom stereocenters. The molecule has 1 aromatic heterocycles. The molecular formula is C14H13NO4. The van der Waals surface area contributed by atoms with Gasteiger partial charge in [-0.2, -0.15) is 0 Å². The van der Waals surface area contributed by atoms with Crippen LogP contribution in [0.4, 0.5) is 0 Å². The summed E-state index contributed by atoms with van der Waals surface area (Å²) in [5, 5.41) is 9.03. The zero-order chi connectivity index (χ0) is 13.8. The van der Waals surface area contributed by atoms with Gasteiger partial charge >= 0.3 is 5.97 Å². The first-order valence-electron chi connectivity index (χ1n) is 5.72. The third kappa shape index (κ3) is 3.01. The van der Waals surface area contributed by atoms with Crippen LogP contribution in [0.1, 0.15) is 21.6 Å². The lowest BCUT2D eigenvalue weighted by molar-refractivity contribution is 0.0689. The second-order valence-electron chi connectivity index (χ2n) is 4.10. The number of carbonyl (C=O) groups is 1. The minimum absolute atomic E-state index is 0.0811. The number of H-pyrrole nitrogens is 1. The summed E-state index contributed by atoms with van der Waals surface area (Å²) in [6.07, 6.45) is 0. The largest absolute Gasteiger partial charge is 0.488 e. The van der Waals surface area contributed by atoms with Crippen LogP contribution in [0.5, 0.6) is 5.75 Å². The first kappa shape index (κ1) is 12.9. The highest BCUT2D eigenvalue weighted by molar-refractivity contribution is 5.90. The Kier molecular flexibility index (Phi) is 3.66. The van der Waals surface area contributed by atoms with E-state index < -0.39 is 11.5 Å². The van der Waals surface area contributed by atoms with Gasteiger partial charge in [0.15, 0.2) is 5.56 Å². The Morgan fingerprint density at radius 1 is 1.32 bits per heavy atom. The first-order chi connectivity index (χ1) is 9.08. The molecular weight excluding hydrogens is 246 g/mol. The molecule has 2 N–H and O–H groups in total. The van der Waals surface area contributed by atoms with Crippen molar-refractivity contribution in [3.8, 4) is 5.75 Å². The van der Waals surface area contributed by atoms with E-state index in [2.05, 4.69) is 4.98 Å². The third-order valence-corrected chi connectivity index (χ3v) is 2.58. The average Bonchev–Trinajstić information content (AvgIpc) is 2.36. The lowest BCUT2D eigenvalue weighted by Crippen LogP contribution is -2.20. The molecule has 0 amide bonds. The van der Waals surface area contributed by atoms with Crippen LogP contribution in [-0.4, -0.2) is 16.1 Å². The van der Waals surface area contributed by atoms with Crippen LogP contribution in [0.2, 0.25) is 0 Å². The molecule has 0 aliphatic rings. The standard InChI is InChI=1S/C14H13NO4/c1-9-7-11(12(14(17)18)13(16)15-9)19-8-10-5-3-2-4-6-10/h2-7H,8H2,1H3,(H,15,16)(H,17,18). The quantitative estimate of drug-likeness (QED) is 0.879. The Morgan fingerprint density at radius 3 is 2.63 bits per heavy atom. The second-order valence-corrected chi connectivity index (χ2v) is 4.10. The summed E-state index contributed by atoms with van der Waals surface area (Å²) in [4.78, 5) is 25.1. The molecule has 0 aliphatic heterocycles. The summed E-state index contributed by atoms with van der Waals surface area (Å²) in [7, 11) is 0. The van der Waals surface area contributed by atoms with E-state index >= 15 is 0 Å². The van der Waals surface area contributed by atoms with Crippen molar-refractivity contribution >= 4 is 5.97 Å². The number of aromatic carboxylic acids is 1. The summed E-state index contributed by atoms with van der Waals surface area (Å²) in [6, 6.07) is 10.8. The number of ether oxygens (including phenoxy) is 1. The highest BCUT2D eigenvalue weighted by Gasteiger charge is 2.17. The summed E-state index contributed by atoms with van der Waals surface area (Å²) in [6.45, 7) is 1.88. The molecule has 5 heteroatoms. The van der Waals surface area contributed by atoms with E-state index in [-0.39, 0.29) is 17.9 Å². The van der Waals surface area contributed by atoms with Crippen molar-refractivity contribution in [1.29, 1.82) is 0 Å². The topological polar surface area (TPSA) is 79.4 Å². The van der Waals surface area contributed by atoms with E-state index in [0.29, 0.717) is 5.69 Å². The van der Waals surface area contributed by atoms with Crippen molar-refractivity contribution in [1.82, 2.24) is 4.98 Å². The van der Waals surface area contributed by atoms with Gasteiger partial charge in [-0.15, -0.1) is 0 Å². The Hall–Kier alpha value is -2.56. The van der Waals surface area contributed by atoms with Crippen molar-refractivity contribution in [2.45, 2.75) is 13.5 Å². The van der Waals surface area contributed by atoms with Gasteiger partial charge < -0.3 is 14.8 Å². The minimum atomic E-state index is -1.30. The lowest BCUT2D eigenvalue weighted by atomic mass is 10.2. The Balaban J connectivity index is 2.29. The second kappa shape index (κ2) is 5.39. The monoisotopic (exact) mass is 259 g/mol. The Labute approximate surface area is 109 Å². The van der Waals surface area contributed by atoms with Crippen molar-refractivity contribution in [3.63, 3.8) is 0 Å². The van der Waals surface area contributed by atoms with Crippen molar-refractivity contribution in [2.24, 2.45) is 0 Å². The van der Waals surface area contributed by atoms with Gasteiger partial charge in [-0.1, -0.05) is 30.3 Å². The number of benzene rings is 1. The van der Waals surface area contributed by atoms with E-state index in [1.807, 2.05) is 30.3 Å². The van der Waals surface area contributed by atoms with Crippen molar-refractivity contribution in [3.05, 3.63) is 63.6 Å². The molecule has 19 heavy (non-hydrogen) atoms. The van der Waals surface area contributed by atoms with Gasteiger partial charge in [0, 0.05) is 11.8 Å². The number of carboxylic acids is 1. The molecule has 0 unspecified atom stereocenters. The van der Waals surface area contributed by atoms with Crippen LogP contribution in [0.15, 0.2) is 41.2 Å². The van der Waals surface area contributed by atoms with E-state index in [1.54, 1.807) is 6.92 Å². The summed E-state index contributed by atoms with van der Waals surface area (Å²) in [5.74, 6) is -1.22. The molecule has 0 aliphatic carbocycles. The molecule has 98 valence electrons. The highest BCUT2D eigenvalue weighted by Crippen LogP contribution is 2.17. The van der Waals surface area contributed by atoms with Crippen molar-refractivity contribution < 1.29 is 14.6 Å². The summed E-state index contributed by atoms with van der Waals surface area (Å²) >= 11 is 0. The maximum atomic E-state index is 11.6. The molecule has 0 bridgehead atoms. The number of hydrogen-bond donors (Lipinski definition) is 2. The van der Waals surface area contributed by atoms with Gasteiger partial charge in [-0.05, 0) is 12.5 Å². The van der Waals surface area contributed by atoms with E-state index in [4.69, 9.17) is 9.84 Å². The summed E-state index contributed by atoms with van der Waals surface area (Å²) < 4.78 is 5.45. The maximum Gasteiger partial charge on any atom is 0.345 e. The van der Waals surface area contributed by atoms with Crippen LogP contribution in [0.25, 0.3) is 0 Å². The highest BCUT2D eigenvalue weighted by atomic mass is 16.5. The van der Waals surface area contributed by atoms with Gasteiger partial charge in [0.25, 0.3) is 5.56 Å². The zero-order valence-corrected chi connectivity index (χ0v) is 10.3. The van der Waals surface area contributed by atoms with Crippen LogP contribution in [0, 0.1) is 6.92 Å². The van der Waals surface area contributed by atoms with E-state index in [0.717, 1.165) is 5.56 Å². The van der Waals surface area contributed by atoms with Gasteiger partial charge in [0.2, 0.25) is 0 Å². The Morgan fingerprint density at radius 2 is 2.00 bits per heavy atom. The van der Waals surface area contributed by atoms with Gasteiger partial charge in [-0.3, -0.25) is 4.79 Å². The number of carboxylic acid groups (broad SMARTS) is 1. The van der Waals surface area contributed by atoms with E-state index in [9.17, 15) is 9.59 Å². The predicted molar refractivity (Wildman–Crippen MR) is 69.5 cm³/mol. The number of aromatic amines is 1. The molecule has 1 heterocycles.